The molecule has 1 amide bonds. The van der Waals surface area contributed by atoms with Crippen molar-refractivity contribution in [3.8, 4) is 5.75 Å². The first kappa shape index (κ1) is 27.4. The average Bonchev–Trinajstić information content (AvgIpc) is 2.81. The Morgan fingerprint density at radius 1 is 0.882 bits per heavy atom. The molecule has 0 aromatic heterocycles. The predicted octanol–water partition coefficient (Wildman–Crippen LogP) is 4.92. The average molecular weight is 470 g/mol. The number of carbonyl (C=O) groups is 2. The van der Waals surface area contributed by atoms with E-state index in [0.29, 0.717) is 38.5 Å². The van der Waals surface area contributed by atoms with E-state index < -0.39 is 6.10 Å². The summed E-state index contributed by atoms with van der Waals surface area (Å²) in [5.74, 6) is 0.181. The van der Waals surface area contributed by atoms with Crippen LogP contribution in [0.25, 0.3) is 0 Å². The maximum atomic E-state index is 12.7. The second-order valence-electron chi connectivity index (χ2n) is 9.19. The van der Waals surface area contributed by atoms with Gasteiger partial charge < -0.3 is 19.1 Å². The van der Waals surface area contributed by atoms with Gasteiger partial charge in [-0.15, -0.1) is 0 Å². The number of hydrogen-bond acceptors (Lipinski definition) is 5. The Kier molecular flexibility index (Phi) is 10.6. The second kappa shape index (κ2) is 13.1. The van der Waals surface area contributed by atoms with Gasteiger partial charge in [-0.05, 0) is 55.0 Å². The molecular formula is C28H39NO5. The van der Waals surface area contributed by atoms with E-state index in [1.807, 2.05) is 26.0 Å². The monoisotopic (exact) mass is 469 g/mol. The molecule has 0 unspecified atom stereocenters. The van der Waals surface area contributed by atoms with Crippen LogP contribution in [0.1, 0.15) is 58.2 Å². The van der Waals surface area contributed by atoms with Crippen molar-refractivity contribution in [1.82, 2.24) is 4.90 Å². The Balaban J connectivity index is 1.91. The first-order valence-corrected chi connectivity index (χ1v) is 12.0. The zero-order chi connectivity index (χ0) is 25.1. The smallest absolute Gasteiger partial charge is 0.335 e. The molecule has 34 heavy (non-hydrogen) atoms. The number of likely N-dealkylation sites (N-methyl/N-ethyl adjacent to an activating group) is 1. The van der Waals surface area contributed by atoms with Crippen LogP contribution in [0.3, 0.4) is 0 Å². The van der Waals surface area contributed by atoms with Gasteiger partial charge in [-0.1, -0.05) is 57.2 Å². The van der Waals surface area contributed by atoms with Crippen LogP contribution in [-0.2, 0) is 37.4 Å². The summed E-state index contributed by atoms with van der Waals surface area (Å²) in [6.45, 7) is 14.0. The molecular weight excluding hydrogens is 430 g/mol. The largest absolute Gasteiger partial charge is 0.484 e. The second-order valence-corrected chi connectivity index (χ2v) is 9.19. The molecule has 0 saturated carbocycles. The first-order chi connectivity index (χ1) is 16.2. The number of hydrogen-bond donors (Lipinski definition) is 0. The standard InChI is InChI=1S/C28H39NO5/c1-7-29(19-22-10-14-23(15-11-22)28(4,5)6)26(30)20-34-24-16-12-21(13-17-24)18-25(32-8-2)27(31)33-9-3/h10-17,25H,7-9,18-20H2,1-6H3/t25-/m0/s1. The van der Waals surface area contributed by atoms with Crippen molar-refractivity contribution in [2.24, 2.45) is 0 Å². The van der Waals surface area contributed by atoms with E-state index in [1.165, 1.54) is 5.56 Å². The maximum absolute atomic E-state index is 12.7. The lowest BCUT2D eigenvalue weighted by Crippen LogP contribution is -2.34. The minimum atomic E-state index is -0.631. The van der Waals surface area contributed by atoms with Crippen LogP contribution < -0.4 is 4.74 Å². The molecule has 2 rings (SSSR count). The summed E-state index contributed by atoms with van der Waals surface area (Å²) in [7, 11) is 0. The minimum Gasteiger partial charge on any atom is -0.484 e. The molecule has 0 spiro atoms. The Bertz CT molecular complexity index is 900. The first-order valence-electron chi connectivity index (χ1n) is 12.0. The Labute approximate surface area is 204 Å². The summed E-state index contributed by atoms with van der Waals surface area (Å²) in [6.07, 6.45) is -0.211. The maximum Gasteiger partial charge on any atom is 0.335 e. The molecule has 2 aromatic rings. The van der Waals surface area contributed by atoms with Gasteiger partial charge in [0.05, 0.1) is 6.61 Å². The number of nitrogens with zero attached hydrogens (tertiary/aromatic N) is 1. The van der Waals surface area contributed by atoms with E-state index in [0.717, 1.165) is 11.1 Å². The molecule has 0 heterocycles. The summed E-state index contributed by atoms with van der Waals surface area (Å²) in [6, 6.07) is 15.8. The number of ether oxygens (including phenoxy) is 3. The Morgan fingerprint density at radius 2 is 1.50 bits per heavy atom. The van der Waals surface area contributed by atoms with Gasteiger partial charge in [0.1, 0.15) is 5.75 Å². The van der Waals surface area contributed by atoms with Crippen LogP contribution in [0.2, 0.25) is 0 Å². The van der Waals surface area contributed by atoms with E-state index in [1.54, 1.807) is 24.0 Å². The fraction of sp³-hybridized carbons (Fsp3) is 0.500. The normalized spacial score (nSPS) is 12.2. The third kappa shape index (κ3) is 8.49. The van der Waals surface area contributed by atoms with Crippen molar-refractivity contribution in [3.63, 3.8) is 0 Å². The fourth-order valence-electron chi connectivity index (χ4n) is 3.53. The molecule has 0 fully saturated rings. The number of amides is 1. The third-order valence-corrected chi connectivity index (χ3v) is 5.55. The van der Waals surface area contributed by atoms with E-state index >= 15 is 0 Å². The van der Waals surface area contributed by atoms with Gasteiger partial charge in [-0.2, -0.15) is 0 Å². The lowest BCUT2D eigenvalue weighted by molar-refractivity contribution is -0.156. The highest BCUT2D eigenvalue weighted by Crippen LogP contribution is 2.22. The number of esters is 1. The Hall–Kier alpha value is -2.86. The van der Waals surface area contributed by atoms with Crippen molar-refractivity contribution < 1.29 is 23.8 Å². The highest BCUT2D eigenvalue weighted by atomic mass is 16.6. The van der Waals surface area contributed by atoms with Gasteiger partial charge in [-0.3, -0.25) is 4.79 Å². The lowest BCUT2D eigenvalue weighted by Gasteiger charge is -2.23. The molecule has 0 radical (unpaired) electrons. The van der Waals surface area contributed by atoms with Crippen LogP contribution in [0.5, 0.6) is 5.75 Å². The van der Waals surface area contributed by atoms with Crippen LogP contribution in [-0.4, -0.2) is 49.2 Å². The zero-order valence-corrected chi connectivity index (χ0v) is 21.4. The van der Waals surface area contributed by atoms with Crippen molar-refractivity contribution in [1.29, 1.82) is 0 Å². The van der Waals surface area contributed by atoms with Crippen LogP contribution in [0.4, 0.5) is 0 Å². The number of benzene rings is 2. The summed E-state index contributed by atoms with van der Waals surface area (Å²) in [5, 5.41) is 0. The third-order valence-electron chi connectivity index (χ3n) is 5.55. The quantitative estimate of drug-likeness (QED) is 0.413. The molecule has 0 aliphatic carbocycles. The summed E-state index contributed by atoms with van der Waals surface area (Å²) >= 11 is 0. The summed E-state index contributed by atoms with van der Waals surface area (Å²) in [5.41, 5.74) is 3.40. The highest BCUT2D eigenvalue weighted by Gasteiger charge is 2.21. The van der Waals surface area contributed by atoms with Gasteiger partial charge in [-0.25, -0.2) is 4.79 Å². The molecule has 1 atom stereocenters. The molecule has 0 aliphatic rings. The molecule has 0 bridgehead atoms. The van der Waals surface area contributed by atoms with Crippen LogP contribution >= 0.6 is 0 Å². The molecule has 6 nitrogen and oxygen atoms in total. The van der Waals surface area contributed by atoms with Gasteiger partial charge >= 0.3 is 5.97 Å². The van der Waals surface area contributed by atoms with Gasteiger partial charge in [0.2, 0.25) is 0 Å². The number of rotatable bonds is 12. The SMILES string of the molecule is CCOC(=O)[C@H](Cc1ccc(OCC(=O)N(CC)Cc2ccc(C(C)(C)C)cc2)cc1)OCC. The minimum absolute atomic E-state index is 0.0301. The predicted molar refractivity (Wildman–Crippen MR) is 134 cm³/mol. The van der Waals surface area contributed by atoms with Crippen LogP contribution in [0, 0.1) is 0 Å². The van der Waals surface area contributed by atoms with E-state index in [-0.39, 0.29) is 23.9 Å². The molecule has 2 aromatic carbocycles. The van der Waals surface area contributed by atoms with E-state index in [4.69, 9.17) is 14.2 Å². The van der Waals surface area contributed by atoms with E-state index in [9.17, 15) is 9.59 Å². The molecule has 0 N–H and O–H groups in total. The van der Waals surface area contributed by atoms with Crippen LogP contribution in [0.15, 0.2) is 48.5 Å². The Morgan fingerprint density at radius 3 is 2.03 bits per heavy atom. The van der Waals surface area contributed by atoms with E-state index in [2.05, 4.69) is 45.0 Å². The van der Waals surface area contributed by atoms with Gasteiger partial charge in [0.25, 0.3) is 5.91 Å². The van der Waals surface area contributed by atoms with Gasteiger partial charge in [0, 0.05) is 26.1 Å². The van der Waals surface area contributed by atoms with Crippen molar-refractivity contribution in [2.75, 3.05) is 26.4 Å². The van der Waals surface area contributed by atoms with Crippen molar-refractivity contribution in [2.45, 2.75) is 66.0 Å². The zero-order valence-electron chi connectivity index (χ0n) is 21.4. The van der Waals surface area contributed by atoms with Crippen molar-refractivity contribution in [3.05, 3.63) is 65.2 Å². The topological polar surface area (TPSA) is 65.1 Å². The molecule has 0 aliphatic heterocycles. The fourth-order valence-corrected chi connectivity index (χ4v) is 3.53. The van der Waals surface area contributed by atoms with Crippen molar-refractivity contribution >= 4 is 11.9 Å². The highest BCUT2D eigenvalue weighted by molar-refractivity contribution is 5.77. The summed E-state index contributed by atoms with van der Waals surface area (Å²) in [4.78, 5) is 26.6. The molecule has 6 heteroatoms. The summed E-state index contributed by atoms with van der Waals surface area (Å²) < 4.78 is 16.3. The molecule has 0 saturated heterocycles. The van der Waals surface area contributed by atoms with Gasteiger partial charge in [0.15, 0.2) is 12.7 Å². The lowest BCUT2D eigenvalue weighted by atomic mass is 9.87. The molecule has 186 valence electrons. The number of carbonyl (C=O) groups excluding carboxylic acids is 2.